The minimum atomic E-state index is 0.879. The molecule has 0 aliphatic rings. The lowest BCUT2D eigenvalue weighted by atomic mass is 10.0. The van der Waals surface area contributed by atoms with Crippen LogP contribution in [0.2, 0.25) is 0 Å². The van der Waals surface area contributed by atoms with Crippen molar-refractivity contribution in [1.82, 2.24) is 4.57 Å². The fourth-order valence-electron chi connectivity index (χ4n) is 9.32. The molecule has 12 aromatic rings. The van der Waals surface area contributed by atoms with Gasteiger partial charge in [0.1, 0.15) is 11.2 Å². The maximum Gasteiger partial charge on any atom is 0.135 e. The van der Waals surface area contributed by atoms with Crippen LogP contribution in [0.3, 0.4) is 0 Å². The number of hydrogen-bond donors (Lipinski definition) is 0. The molecule has 0 unspecified atom stereocenters. The van der Waals surface area contributed by atoms with Crippen LogP contribution in [-0.2, 0) is 0 Å². The smallest absolute Gasteiger partial charge is 0.135 e. The summed E-state index contributed by atoms with van der Waals surface area (Å²) in [5, 5.41) is 4.68. The normalized spacial score (nSPS) is 11.4. The maximum absolute atomic E-state index is 6.23. The molecule has 0 saturated carbocycles. The number of nitrogens with zero attached hydrogens (tertiary/aromatic N) is 3. The third kappa shape index (κ3) is 6.57. The molecule has 0 radical (unpaired) electrons. The van der Waals surface area contributed by atoms with Gasteiger partial charge in [-0.05, 0) is 125 Å². The molecular formula is C60H41N3O. The predicted octanol–water partition coefficient (Wildman–Crippen LogP) is 17.0. The van der Waals surface area contributed by atoms with E-state index in [1.54, 1.807) is 0 Å². The molecule has 0 aliphatic carbocycles. The van der Waals surface area contributed by atoms with E-state index in [0.29, 0.717) is 0 Å². The quantitative estimate of drug-likeness (QED) is 0.145. The predicted molar refractivity (Wildman–Crippen MR) is 268 cm³/mol. The average Bonchev–Trinajstić information content (AvgIpc) is 3.91. The number of fused-ring (bicyclic) bond motifs is 6. The first-order chi connectivity index (χ1) is 31.7. The molecule has 4 heteroatoms. The van der Waals surface area contributed by atoms with Crippen LogP contribution in [0.15, 0.2) is 253 Å². The van der Waals surface area contributed by atoms with E-state index in [4.69, 9.17) is 4.42 Å². The number of rotatable bonds is 9. The minimum absolute atomic E-state index is 0.879. The van der Waals surface area contributed by atoms with E-state index in [0.717, 1.165) is 72.9 Å². The van der Waals surface area contributed by atoms with E-state index in [1.807, 2.05) is 12.1 Å². The van der Waals surface area contributed by atoms with Crippen molar-refractivity contribution in [3.8, 4) is 27.9 Å². The van der Waals surface area contributed by atoms with Gasteiger partial charge in [0.05, 0.1) is 11.0 Å². The molecule has 0 aliphatic heterocycles. The summed E-state index contributed by atoms with van der Waals surface area (Å²) in [5.41, 5.74) is 16.4. The highest BCUT2D eigenvalue weighted by atomic mass is 16.3. The molecule has 12 rings (SSSR count). The van der Waals surface area contributed by atoms with Crippen molar-refractivity contribution >= 4 is 77.9 Å². The van der Waals surface area contributed by atoms with Crippen molar-refractivity contribution in [2.75, 3.05) is 9.80 Å². The summed E-state index contributed by atoms with van der Waals surface area (Å²) in [6, 6.07) is 88.8. The summed E-state index contributed by atoms with van der Waals surface area (Å²) in [6.07, 6.45) is 0. The van der Waals surface area contributed by atoms with Gasteiger partial charge < -0.3 is 18.8 Å². The van der Waals surface area contributed by atoms with Crippen LogP contribution in [0, 0.1) is 0 Å². The number of hydrogen-bond acceptors (Lipinski definition) is 3. The molecule has 302 valence electrons. The summed E-state index contributed by atoms with van der Waals surface area (Å²) >= 11 is 0. The van der Waals surface area contributed by atoms with Crippen molar-refractivity contribution in [1.29, 1.82) is 0 Å². The number of anilines is 6. The van der Waals surface area contributed by atoms with Crippen molar-refractivity contribution in [2.24, 2.45) is 0 Å². The van der Waals surface area contributed by atoms with Crippen molar-refractivity contribution in [3.63, 3.8) is 0 Å². The number of para-hydroxylation sites is 4. The molecule has 0 saturated heterocycles. The van der Waals surface area contributed by atoms with Crippen LogP contribution in [0.25, 0.3) is 71.7 Å². The van der Waals surface area contributed by atoms with Gasteiger partial charge >= 0.3 is 0 Å². The summed E-state index contributed by atoms with van der Waals surface area (Å²) in [4.78, 5) is 4.68. The van der Waals surface area contributed by atoms with Gasteiger partial charge in [-0.2, -0.15) is 0 Å². The van der Waals surface area contributed by atoms with E-state index in [9.17, 15) is 0 Å². The minimum Gasteiger partial charge on any atom is -0.456 e. The molecular weight excluding hydrogens is 779 g/mol. The van der Waals surface area contributed by atoms with Gasteiger partial charge in [-0.15, -0.1) is 0 Å². The van der Waals surface area contributed by atoms with E-state index in [-0.39, 0.29) is 0 Å². The average molecular weight is 820 g/mol. The molecule has 0 bridgehead atoms. The number of benzene rings is 10. The fraction of sp³-hybridized carbons (Fsp3) is 0. The van der Waals surface area contributed by atoms with Gasteiger partial charge in [0.15, 0.2) is 0 Å². The Balaban J connectivity index is 0.908. The Morgan fingerprint density at radius 2 is 0.688 bits per heavy atom. The highest BCUT2D eigenvalue weighted by Crippen LogP contribution is 2.42. The fourth-order valence-corrected chi connectivity index (χ4v) is 9.32. The van der Waals surface area contributed by atoms with Gasteiger partial charge in [0.2, 0.25) is 0 Å². The Kier molecular flexibility index (Phi) is 9.12. The molecule has 2 heterocycles. The summed E-state index contributed by atoms with van der Waals surface area (Å²) in [5.74, 6) is 0. The molecule has 0 fully saturated rings. The molecule has 2 aromatic heterocycles. The third-order valence-corrected chi connectivity index (χ3v) is 12.4. The highest BCUT2D eigenvalue weighted by molar-refractivity contribution is 6.10. The first kappa shape index (κ1) is 37.2. The van der Waals surface area contributed by atoms with Crippen LogP contribution in [-0.4, -0.2) is 4.57 Å². The first-order valence-electron chi connectivity index (χ1n) is 21.7. The van der Waals surface area contributed by atoms with Crippen LogP contribution in [0.4, 0.5) is 34.1 Å². The zero-order chi connectivity index (χ0) is 42.4. The van der Waals surface area contributed by atoms with E-state index >= 15 is 0 Å². The Labute approximate surface area is 371 Å². The molecule has 0 spiro atoms. The second-order valence-electron chi connectivity index (χ2n) is 16.2. The SMILES string of the molecule is c1ccc(-c2ccc(N(c3ccc(-c4ccc(N(c5ccccc5)c5ccc6c7ccccc7n(-c7ccccc7)c6c5)cc4)cc3)c3ccc4oc5ccccc5c4c3)cc2)cc1. The zero-order valence-corrected chi connectivity index (χ0v) is 34.9. The Morgan fingerprint density at radius 3 is 1.31 bits per heavy atom. The lowest BCUT2D eigenvalue weighted by Crippen LogP contribution is -2.10. The Morgan fingerprint density at radius 1 is 0.266 bits per heavy atom. The lowest BCUT2D eigenvalue weighted by molar-refractivity contribution is 0.669. The second kappa shape index (κ2) is 15.7. The van der Waals surface area contributed by atoms with Crippen molar-refractivity contribution in [3.05, 3.63) is 249 Å². The maximum atomic E-state index is 6.23. The van der Waals surface area contributed by atoms with Crippen molar-refractivity contribution < 1.29 is 4.42 Å². The lowest BCUT2D eigenvalue weighted by Gasteiger charge is -2.26. The van der Waals surface area contributed by atoms with Gasteiger partial charge in [0, 0.05) is 61.4 Å². The molecule has 4 nitrogen and oxygen atoms in total. The largest absolute Gasteiger partial charge is 0.456 e. The van der Waals surface area contributed by atoms with Crippen LogP contribution >= 0.6 is 0 Å². The van der Waals surface area contributed by atoms with Crippen LogP contribution < -0.4 is 9.80 Å². The van der Waals surface area contributed by atoms with Crippen LogP contribution in [0.1, 0.15) is 0 Å². The van der Waals surface area contributed by atoms with Gasteiger partial charge in [0.25, 0.3) is 0 Å². The third-order valence-electron chi connectivity index (χ3n) is 12.4. The van der Waals surface area contributed by atoms with Gasteiger partial charge in [-0.1, -0.05) is 146 Å². The summed E-state index contributed by atoms with van der Waals surface area (Å²) in [7, 11) is 0. The first-order valence-corrected chi connectivity index (χ1v) is 21.7. The second-order valence-corrected chi connectivity index (χ2v) is 16.2. The molecule has 0 atom stereocenters. The zero-order valence-electron chi connectivity index (χ0n) is 34.9. The van der Waals surface area contributed by atoms with Crippen LogP contribution in [0.5, 0.6) is 0 Å². The Hall–Kier alpha value is -8.60. The molecule has 64 heavy (non-hydrogen) atoms. The highest BCUT2D eigenvalue weighted by Gasteiger charge is 2.19. The van der Waals surface area contributed by atoms with E-state index < -0.39 is 0 Å². The Bertz CT molecular complexity index is 3580. The topological polar surface area (TPSA) is 24.6 Å². The molecule has 10 aromatic carbocycles. The number of aromatic nitrogens is 1. The monoisotopic (exact) mass is 819 g/mol. The molecule has 0 amide bonds. The molecule has 0 N–H and O–H groups in total. The summed E-state index contributed by atoms with van der Waals surface area (Å²) in [6.45, 7) is 0. The van der Waals surface area contributed by atoms with E-state index in [1.165, 1.54) is 32.9 Å². The van der Waals surface area contributed by atoms with Gasteiger partial charge in [-0.3, -0.25) is 0 Å². The van der Waals surface area contributed by atoms with E-state index in [2.05, 4.69) is 251 Å². The standard InChI is InChI=1S/C60H41N3O/c1-4-14-42(15-5-1)43-24-30-49(31-25-43)62(51-37-39-60-56(40-51)55-21-11-13-23-59(55)64-60)50-34-28-45(29-35-50)44-26-32-48(33-27-44)61(46-16-6-2-7-17-46)52-36-38-54-53-20-10-12-22-57(53)63(58(54)41-52)47-18-8-3-9-19-47/h1-41H. The number of furan rings is 1. The summed E-state index contributed by atoms with van der Waals surface area (Å²) < 4.78 is 8.61. The van der Waals surface area contributed by atoms with Gasteiger partial charge in [-0.25, -0.2) is 0 Å². The van der Waals surface area contributed by atoms with Crippen molar-refractivity contribution in [2.45, 2.75) is 0 Å².